The molecule has 1 unspecified atom stereocenters. The molecule has 0 aromatic heterocycles. The largest absolute Gasteiger partial charge is 0.380 e. The Balaban J connectivity index is 1.93. The number of rotatable bonds is 13. The average Bonchev–Trinajstić information content (AvgIpc) is 3.19. The van der Waals surface area contributed by atoms with Crippen LogP contribution in [0.25, 0.3) is 0 Å². The molecule has 0 amide bonds. The molecule has 1 atom stereocenters. The molecule has 114 valence electrons. The number of nitrogens with two attached hydrogens (primary N) is 1. The van der Waals surface area contributed by atoms with Gasteiger partial charge in [0.1, 0.15) is 0 Å². The fraction of sp³-hybridized carbons (Fsp3) is 1.00. The zero-order valence-electron chi connectivity index (χ0n) is 13.1. The minimum Gasteiger partial charge on any atom is -0.380 e. The SMILES string of the molecule is CCCC(CCN)CCCN(C)CCOCC1CC1. The molecule has 0 spiro atoms. The van der Waals surface area contributed by atoms with E-state index in [4.69, 9.17) is 10.5 Å². The lowest BCUT2D eigenvalue weighted by Crippen LogP contribution is -2.25. The molecule has 1 aliphatic rings. The van der Waals surface area contributed by atoms with Crippen molar-refractivity contribution < 1.29 is 4.74 Å². The van der Waals surface area contributed by atoms with Crippen LogP contribution in [0.1, 0.15) is 51.9 Å². The molecule has 1 saturated carbocycles. The van der Waals surface area contributed by atoms with Crippen molar-refractivity contribution in [3.8, 4) is 0 Å². The molecule has 3 heteroatoms. The predicted octanol–water partition coefficient (Wildman–Crippen LogP) is 2.89. The fourth-order valence-corrected chi connectivity index (χ4v) is 2.59. The van der Waals surface area contributed by atoms with Crippen molar-refractivity contribution in [2.45, 2.75) is 51.9 Å². The summed E-state index contributed by atoms with van der Waals surface area (Å²) in [6, 6.07) is 0. The lowest BCUT2D eigenvalue weighted by atomic mass is 9.94. The average molecular weight is 270 g/mol. The van der Waals surface area contributed by atoms with Crippen LogP contribution in [0.5, 0.6) is 0 Å². The van der Waals surface area contributed by atoms with Crippen molar-refractivity contribution in [1.29, 1.82) is 0 Å². The van der Waals surface area contributed by atoms with Crippen molar-refractivity contribution in [1.82, 2.24) is 4.90 Å². The summed E-state index contributed by atoms with van der Waals surface area (Å²) in [5.41, 5.74) is 5.67. The quantitative estimate of drug-likeness (QED) is 0.523. The van der Waals surface area contributed by atoms with E-state index in [1.54, 1.807) is 0 Å². The van der Waals surface area contributed by atoms with Crippen molar-refractivity contribution in [3.63, 3.8) is 0 Å². The molecule has 2 N–H and O–H groups in total. The maximum absolute atomic E-state index is 5.67. The Morgan fingerprint density at radius 3 is 2.63 bits per heavy atom. The van der Waals surface area contributed by atoms with Crippen molar-refractivity contribution in [2.24, 2.45) is 17.6 Å². The Kier molecular flexibility index (Phi) is 9.48. The molecule has 0 bridgehead atoms. The smallest absolute Gasteiger partial charge is 0.0593 e. The van der Waals surface area contributed by atoms with Gasteiger partial charge in [0.05, 0.1) is 6.61 Å². The predicted molar refractivity (Wildman–Crippen MR) is 82.3 cm³/mol. The molecular formula is C16H34N2O. The minimum atomic E-state index is 0.842. The Hall–Kier alpha value is -0.120. The molecule has 0 radical (unpaired) electrons. The van der Waals surface area contributed by atoms with E-state index in [1.165, 1.54) is 51.5 Å². The topological polar surface area (TPSA) is 38.5 Å². The number of likely N-dealkylation sites (N-methyl/N-ethyl adjacent to an activating group) is 1. The Morgan fingerprint density at radius 1 is 1.21 bits per heavy atom. The van der Waals surface area contributed by atoms with E-state index in [0.717, 1.165) is 38.1 Å². The van der Waals surface area contributed by atoms with E-state index in [-0.39, 0.29) is 0 Å². The molecule has 0 aromatic carbocycles. The summed E-state index contributed by atoms with van der Waals surface area (Å²) < 4.78 is 5.67. The van der Waals surface area contributed by atoms with Gasteiger partial charge < -0.3 is 15.4 Å². The summed E-state index contributed by atoms with van der Waals surface area (Å²) in [5, 5.41) is 0. The van der Waals surface area contributed by atoms with E-state index in [2.05, 4.69) is 18.9 Å². The van der Waals surface area contributed by atoms with Crippen LogP contribution in [0, 0.1) is 11.8 Å². The Morgan fingerprint density at radius 2 is 2.00 bits per heavy atom. The number of hydrogen-bond donors (Lipinski definition) is 1. The van der Waals surface area contributed by atoms with Gasteiger partial charge in [0.15, 0.2) is 0 Å². The summed E-state index contributed by atoms with van der Waals surface area (Å²) in [4.78, 5) is 2.40. The van der Waals surface area contributed by atoms with Crippen LogP contribution in [0.3, 0.4) is 0 Å². The maximum atomic E-state index is 5.67. The molecule has 0 saturated heterocycles. The molecule has 0 aliphatic heterocycles. The van der Waals surface area contributed by atoms with Gasteiger partial charge in [-0.25, -0.2) is 0 Å². The highest BCUT2D eigenvalue weighted by Gasteiger charge is 2.20. The van der Waals surface area contributed by atoms with Gasteiger partial charge in [-0.3, -0.25) is 0 Å². The summed E-state index contributed by atoms with van der Waals surface area (Å²) in [6.45, 7) is 7.26. The normalized spacial score (nSPS) is 17.1. The Labute approximate surface area is 119 Å². The molecule has 1 rings (SSSR count). The number of nitrogens with zero attached hydrogens (tertiary/aromatic N) is 1. The highest BCUT2D eigenvalue weighted by Crippen LogP contribution is 2.28. The molecule has 0 heterocycles. The van der Waals surface area contributed by atoms with Gasteiger partial charge in [-0.1, -0.05) is 19.8 Å². The van der Waals surface area contributed by atoms with E-state index < -0.39 is 0 Å². The lowest BCUT2D eigenvalue weighted by Gasteiger charge is -2.19. The molecule has 0 aromatic rings. The first-order valence-corrected chi connectivity index (χ1v) is 8.22. The molecular weight excluding hydrogens is 236 g/mol. The van der Waals surface area contributed by atoms with Crippen LogP contribution >= 0.6 is 0 Å². The van der Waals surface area contributed by atoms with Crippen molar-refractivity contribution >= 4 is 0 Å². The van der Waals surface area contributed by atoms with Gasteiger partial charge in [0.25, 0.3) is 0 Å². The summed E-state index contributed by atoms with van der Waals surface area (Å²) in [7, 11) is 2.21. The molecule has 1 fully saturated rings. The van der Waals surface area contributed by atoms with E-state index in [9.17, 15) is 0 Å². The number of hydrogen-bond acceptors (Lipinski definition) is 3. The van der Waals surface area contributed by atoms with Crippen LogP contribution in [0.2, 0.25) is 0 Å². The van der Waals surface area contributed by atoms with Crippen LogP contribution in [-0.2, 0) is 4.74 Å². The minimum absolute atomic E-state index is 0.842. The molecule has 3 nitrogen and oxygen atoms in total. The lowest BCUT2D eigenvalue weighted by molar-refractivity contribution is 0.102. The zero-order chi connectivity index (χ0) is 13.9. The highest BCUT2D eigenvalue weighted by atomic mass is 16.5. The van der Waals surface area contributed by atoms with Gasteiger partial charge in [0.2, 0.25) is 0 Å². The second-order valence-corrected chi connectivity index (χ2v) is 6.20. The van der Waals surface area contributed by atoms with Gasteiger partial charge in [-0.15, -0.1) is 0 Å². The summed E-state index contributed by atoms with van der Waals surface area (Å²) in [5.74, 6) is 1.73. The van der Waals surface area contributed by atoms with Gasteiger partial charge in [-0.05, 0) is 64.1 Å². The monoisotopic (exact) mass is 270 g/mol. The fourth-order valence-electron chi connectivity index (χ4n) is 2.59. The first-order valence-electron chi connectivity index (χ1n) is 8.22. The highest BCUT2D eigenvalue weighted by molar-refractivity contribution is 4.72. The molecule has 19 heavy (non-hydrogen) atoms. The van der Waals surface area contributed by atoms with E-state index in [1.807, 2.05) is 0 Å². The Bertz CT molecular complexity index is 201. The third kappa shape index (κ3) is 9.42. The third-order valence-electron chi connectivity index (χ3n) is 4.09. The van der Waals surface area contributed by atoms with Crippen LogP contribution in [0.15, 0.2) is 0 Å². The third-order valence-corrected chi connectivity index (χ3v) is 4.09. The van der Waals surface area contributed by atoms with Gasteiger partial charge in [-0.2, -0.15) is 0 Å². The van der Waals surface area contributed by atoms with Crippen molar-refractivity contribution in [2.75, 3.05) is 39.9 Å². The second-order valence-electron chi connectivity index (χ2n) is 6.20. The van der Waals surface area contributed by atoms with Crippen LogP contribution in [-0.4, -0.2) is 44.8 Å². The maximum Gasteiger partial charge on any atom is 0.0593 e. The van der Waals surface area contributed by atoms with Crippen LogP contribution in [0.4, 0.5) is 0 Å². The first kappa shape index (κ1) is 16.9. The van der Waals surface area contributed by atoms with Gasteiger partial charge >= 0.3 is 0 Å². The van der Waals surface area contributed by atoms with E-state index >= 15 is 0 Å². The standard InChI is InChI=1S/C16H34N2O/c1-3-5-15(9-10-17)6-4-11-18(2)12-13-19-14-16-7-8-16/h15-16H,3-14,17H2,1-2H3. The first-order chi connectivity index (χ1) is 9.26. The summed E-state index contributed by atoms with van der Waals surface area (Å²) >= 11 is 0. The number of ether oxygens (including phenoxy) is 1. The summed E-state index contributed by atoms with van der Waals surface area (Å²) in [6.07, 6.45) is 9.22. The van der Waals surface area contributed by atoms with E-state index in [0.29, 0.717) is 0 Å². The second kappa shape index (κ2) is 10.6. The molecule has 1 aliphatic carbocycles. The van der Waals surface area contributed by atoms with Crippen LogP contribution < -0.4 is 5.73 Å². The van der Waals surface area contributed by atoms with Gasteiger partial charge in [0, 0.05) is 13.2 Å². The van der Waals surface area contributed by atoms with Crippen molar-refractivity contribution in [3.05, 3.63) is 0 Å². The zero-order valence-corrected chi connectivity index (χ0v) is 13.1.